The topological polar surface area (TPSA) is 42.9 Å². The van der Waals surface area contributed by atoms with Gasteiger partial charge in [0.2, 0.25) is 0 Å². The van der Waals surface area contributed by atoms with Crippen molar-refractivity contribution < 1.29 is 0 Å². The van der Waals surface area contributed by atoms with Crippen LogP contribution in [0.5, 0.6) is 0 Å². The van der Waals surface area contributed by atoms with Crippen molar-refractivity contribution in [2.24, 2.45) is 10.9 Å². The van der Waals surface area contributed by atoms with Gasteiger partial charge in [-0.05, 0) is 58.7 Å². The zero-order chi connectivity index (χ0) is 15.9. The van der Waals surface area contributed by atoms with Crippen LogP contribution in [0.4, 0.5) is 0 Å². The molecule has 1 atom stereocenters. The van der Waals surface area contributed by atoms with E-state index in [0.29, 0.717) is 12.1 Å². The molecule has 1 saturated carbocycles. The maximum Gasteiger partial charge on any atom is 0.191 e. The zero-order valence-corrected chi connectivity index (χ0v) is 17.7. The second-order valence-electron chi connectivity index (χ2n) is 7.08. The van der Waals surface area contributed by atoms with E-state index in [1.54, 1.807) is 0 Å². The Morgan fingerprint density at radius 1 is 1.22 bits per heavy atom. The van der Waals surface area contributed by atoms with Gasteiger partial charge in [0.15, 0.2) is 5.96 Å². The second kappa shape index (κ2) is 10.7. The highest BCUT2D eigenvalue weighted by molar-refractivity contribution is 14.0. The van der Waals surface area contributed by atoms with E-state index >= 15 is 0 Å². The summed E-state index contributed by atoms with van der Waals surface area (Å²) in [5, 5.41) is 7.16. The van der Waals surface area contributed by atoms with Gasteiger partial charge in [-0.3, -0.25) is 4.99 Å². The third kappa shape index (κ3) is 7.13. The molecule has 0 bridgehead atoms. The Morgan fingerprint density at radius 2 is 1.87 bits per heavy atom. The lowest BCUT2D eigenvalue weighted by Crippen LogP contribution is -2.51. The molecule has 0 aromatic carbocycles. The Kier molecular flexibility index (Phi) is 9.77. The number of hydrogen-bond acceptors (Lipinski definition) is 3. The minimum Gasteiger partial charge on any atom is -0.355 e. The van der Waals surface area contributed by atoms with Crippen LogP contribution in [0.1, 0.15) is 39.0 Å². The molecule has 1 unspecified atom stereocenters. The van der Waals surface area contributed by atoms with Crippen LogP contribution in [0.15, 0.2) is 4.99 Å². The summed E-state index contributed by atoms with van der Waals surface area (Å²) in [5.74, 6) is 1.85. The monoisotopic (exact) mass is 437 g/mol. The predicted molar refractivity (Wildman–Crippen MR) is 110 cm³/mol. The summed E-state index contributed by atoms with van der Waals surface area (Å²) < 4.78 is 0. The van der Waals surface area contributed by atoms with E-state index < -0.39 is 0 Å². The molecule has 2 aliphatic rings. The highest BCUT2D eigenvalue weighted by Crippen LogP contribution is 2.34. The highest BCUT2D eigenvalue weighted by Gasteiger charge is 2.32. The lowest BCUT2D eigenvalue weighted by atomic mass is 10.1. The third-order valence-corrected chi connectivity index (χ3v) is 5.00. The van der Waals surface area contributed by atoms with Gasteiger partial charge in [-0.1, -0.05) is 6.92 Å². The van der Waals surface area contributed by atoms with E-state index in [9.17, 15) is 0 Å². The van der Waals surface area contributed by atoms with Gasteiger partial charge in [0, 0.05) is 38.8 Å². The Balaban J connectivity index is 0.00000264. The van der Waals surface area contributed by atoms with E-state index in [2.05, 4.69) is 46.4 Å². The molecule has 0 aromatic rings. The summed E-state index contributed by atoms with van der Waals surface area (Å²) in [6.07, 6.45) is 6.47. The number of piperidine rings is 1. The predicted octanol–water partition coefficient (Wildman–Crippen LogP) is 1.98. The Labute approximate surface area is 159 Å². The van der Waals surface area contributed by atoms with E-state index in [1.807, 2.05) is 7.05 Å². The molecule has 6 heteroatoms. The summed E-state index contributed by atoms with van der Waals surface area (Å²) in [6, 6.07) is 1.20. The van der Waals surface area contributed by atoms with Crippen LogP contribution in [-0.2, 0) is 0 Å². The number of likely N-dealkylation sites (N-methyl/N-ethyl adjacent to an activating group) is 1. The van der Waals surface area contributed by atoms with Gasteiger partial charge < -0.3 is 20.4 Å². The van der Waals surface area contributed by atoms with E-state index in [1.165, 1.54) is 51.7 Å². The van der Waals surface area contributed by atoms with Crippen molar-refractivity contribution in [3.8, 4) is 0 Å². The van der Waals surface area contributed by atoms with Gasteiger partial charge in [0.25, 0.3) is 0 Å². The molecule has 2 rings (SSSR count). The molecule has 5 nitrogen and oxygen atoms in total. The van der Waals surface area contributed by atoms with Crippen molar-refractivity contribution in [1.82, 2.24) is 20.4 Å². The molecule has 2 N–H and O–H groups in total. The quantitative estimate of drug-likeness (QED) is 0.363. The van der Waals surface area contributed by atoms with Crippen molar-refractivity contribution in [3.05, 3.63) is 0 Å². The molecule has 0 amide bonds. The first-order valence-electron chi connectivity index (χ1n) is 9.00. The molecule has 136 valence electrons. The lowest BCUT2D eigenvalue weighted by Gasteiger charge is -2.33. The number of nitrogens with zero attached hydrogens (tertiary/aromatic N) is 3. The molecule has 2 fully saturated rings. The number of nitrogens with one attached hydrogen (secondary N) is 2. The summed E-state index contributed by atoms with van der Waals surface area (Å²) in [6.45, 7) is 6.92. The van der Waals surface area contributed by atoms with Crippen LogP contribution in [-0.4, -0.2) is 75.2 Å². The standard InChI is InChI=1S/C17H35N5.HI/c1-5-10-22-11-8-15(9-12-22)20-17(18-2)19-13-16(21(3)4)14-6-7-14;/h14-16H,5-13H2,1-4H3,(H2,18,19,20);1H. The summed E-state index contributed by atoms with van der Waals surface area (Å²) in [4.78, 5) is 9.33. The molecular weight excluding hydrogens is 401 g/mol. The van der Waals surface area contributed by atoms with Crippen LogP contribution < -0.4 is 10.6 Å². The largest absolute Gasteiger partial charge is 0.355 e. The molecule has 0 spiro atoms. The minimum absolute atomic E-state index is 0. The van der Waals surface area contributed by atoms with Crippen LogP contribution in [0.2, 0.25) is 0 Å². The van der Waals surface area contributed by atoms with Crippen molar-refractivity contribution in [2.45, 2.75) is 51.1 Å². The smallest absolute Gasteiger partial charge is 0.191 e. The molecule has 0 radical (unpaired) electrons. The van der Waals surface area contributed by atoms with Gasteiger partial charge in [0.1, 0.15) is 0 Å². The van der Waals surface area contributed by atoms with Gasteiger partial charge in [0.05, 0.1) is 0 Å². The Morgan fingerprint density at radius 3 is 2.35 bits per heavy atom. The first kappa shape index (κ1) is 21.0. The van der Waals surface area contributed by atoms with Gasteiger partial charge in [-0.15, -0.1) is 24.0 Å². The zero-order valence-electron chi connectivity index (χ0n) is 15.3. The van der Waals surface area contributed by atoms with E-state index in [-0.39, 0.29) is 24.0 Å². The lowest BCUT2D eigenvalue weighted by molar-refractivity contribution is 0.206. The normalized spacial score (nSPS) is 21.9. The molecule has 1 heterocycles. The van der Waals surface area contributed by atoms with E-state index in [4.69, 9.17) is 0 Å². The molecule has 1 saturated heterocycles. The third-order valence-electron chi connectivity index (χ3n) is 5.00. The Bertz CT molecular complexity index is 347. The van der Waals surface area contributed by atoms with Crippen molar-refractivity contribution in [3.63, 3.8) is 0 Å². The second-order valence-corrected chi connectivity index (χ2v) is 7.08. The number of rotatable bonds is 7. The number of halogens is 1. The maximum absolute atomic E-state index is 4.41. The molecule has 0 aromatic heterocycles. The fourth-order valence-corrected chi connectivity index (χ4v) is 3.46. The molecular formula is C17H36IN5. The van der Waals surface area contributed by atoms with E-state index in [0.717, 1.165) is 18.4 Å². The average Bonchev–Trinajstić information content (AvgIpc) is 3.33. The van der Waals surface area contributed by atoms with Crippen LogP contribution in [0.25, 0.3) is 0 Å². The molecule has 23 heavy (non-hydrogen) atoms. The first-order valence-corrected chi connectivity index (χ1v) is 9.00. The summed E-state index contributed by atoms with van der Waals surface area (Å²) in [7, 11) is 6.25. The fourth-order valence-electron chi connectivity index (χ4n) is 3.46. The van der Waals surface area contributed by atoms with Crippen LogP contribution in [0, 0.1) is 5.92 Å². The number of likely N-dealkylation sites (tertiary alicyclic amines) is 1. The van der Waals surface area contributed by atoms with Crippen molar-refractivity contribution >= 4 is 29.9 Å². The average molecular weight is 437 g/mol. The van der Waals surface area contributed by atoms with Gasteiger partial charge in [-0.2, -0.15) is 0 Å². The minimum atomic E-state index is 0. The van der Waals surface area contributed by atoms with Crippen LogP contribution in [0.3, 0.4) is 0 Å². The van der Waals surface area contributed by atoms with Crippen molar-refractivity contribution in [1.29, 1.82) is 0 Å². The van der Waals surface area contributed by atoms with Gasteiger partial charge >= 0.3 is 0 Å². The summed E-state index contributed by atoms with van der Waals surface area (Å²) in [5.41, 5.74) is 0. The highest BCUT2D eigenvalue weighted by atomic mass is 127. The van der Waals surface area contributed by atoms with Crippen LogP contribution >= 0.6 is 24.0 Å². The summed E-state index contributed by atoms with van der Waals surface area (Å²) >= 11 is 0. The maximum atomic E-state index is 4.41. The number of guanidine groups is 1. The Hall–Kier alpha value is -0.0800. The molecule has 1 aliphatic heterocycles. The first-order chi connectivity index (χ1) is 10.6. The SMILES string of the molecule is CCCN1CCC(NC(=NC)NCC(C2CC2)N(C)C)CC1.I. The number of aliphatic imine (C=N–C) groups is 1. The van der Waals surface area contributed by atoms with Crippen molar-refractivity contribution in [2.75, 3.05) is 47.3 Å². The van der Waals surface area contributed by atoms with Gasteiger partial charge in [-0.25, -0.2) is 0 Å². The fraction of sp³-hybridized carbons (Fsp3) is 0.941. The number of hydrogen-bond donors (Lipinski definition) is 2. The molecule has 1 aliphatic carbocycles.